The summed E-state index contributed by atoms with van der Waals surface area (Å²) in [6.07, 6.45) is 1.00. The summed E-state index contributed by atoms with van der Waals surface area (Å²) in [7, 11) is 0. The fraction of sp³-hybridized carbons (Fsp3) is 0.529. The molecular weight excluding hydrogens is 280 g/mol. The standard InChI is InChI=1S/C17H24N2O3/c1-9(2)6-10(3)11(4)22-16-7-13-14(8-15(16)20)18-12(5)19-17(13)21/h7-11,20H,6H2,1-5H3,(H,18,19,21)/t10-,11-/m0/s1. The third kappa shape index (κ3) is 3.59. The average molecular weight is 304 g/mol. The zero-order valence-corrected chi connectivity index (χ0v) is 13.8. The van der Waals surface area contributed by atoms with E-state index in [0.29, 0.717) is 34.3 Å². The molecule has 2 aromatic rings. The van der Waals surface area contributed by atoms with Gasteiger partial charge in [0.2, 0.25) is 5.88 Å². The summed E-state index contributed by atoms with van der Waals surface area (Å²) in [5.41, 5.74) is 0.498. The first kappa shape index (κ1) is 16.3. The number of ether oxygens (including phenoxy) is 1. The van der Waals surface area contributed by atoms with Gasteiger partial charge in [0.25, 0.3) is 0 Å². The number of rotatable bonds is 5. The fourth-order valence-electron chi connectivity index (χ4n) is 2.59. The van der Waals surface area contributed by atoms with Crippen LogP contribution in [0.3, 0.4) is 0 Å². The first-order chi connectivity index (χ1) is 10.3. The van der Waals surface area contributed by atoms with E-state index < -0.39 is 0 Å². The van der Waals surface area contributed by atoms with Gasteiger partial charge in [-0.3, -0.25) is 0 Å². The van der Waals surface area contributed by atoms with Crippen LogP contribution in [0, 0.1) is 18.8 Å². The first-order valence-electron chi connectivity index (χ1n) is 7.65. The summed E-state index contributed by atoms with van der Waals surface area (Å²) in [5, 5.41) is 20.6. The number of hydrogen-bond donors (Lipinski definition) is 2. The maximum absolute atomic E-state index is 10.1. The van der Waals surface area contributed by atoms with Gasteiger partial charge in [-0.05, 0) is 38.2 Å². The van der Waals surface area contributed by atoms with Gasteiger partial charge in [-0.15, -0.1) is 0 Å². The molecule has 1 heterocycles. The molecule has 1 aromatic heterocycles. The number of fused-ring (bicyclic) bond motifs is 1. The third-order valence-corrected chi connectivity index (χ3v) is 3.83. The van der Waals surface area contributed by atoms with Crippen LogP contribution >= 0.6 is 0 Å². The second-order valence-electron chi connectivity index (χ2n) is 6.36. The van der Waals surface area contributed by atoms with E-state index in [1.165, 1.54) is 6.07 Å². The maximum atomic E-state index is 10.1. The van der Waals surface area contributed by atoms with Crippen molar-refractivity contribution in [1.82, 2.24) is 9.97 Å². The van der Waals surface area contributed by atoms with Crippen LogP contribution in [0.5, 0.6) is 17.4 Å². The maximum Gasteiger partial charge on any atom is 0.222 e. The smallest absolute Gasteiger partial charge is 0.222 e. The lowest BCUT2D eigenvalue weighted by Crippen LogP contribution is -2.22. The molecule has 0 aliphatic heterocycles. The molecule has 0 saturated carbocycles. The predicted octanol–water partition coefficient (Wildman–Crippen LogP) is 3.80. The van der Waals surface area contributed by atoms with Gasteiger partial charge in [0.15, 0.2) is 11.5 Å². The molecule has 0 aliphatic rings. The Bertz CT molecular complexity index is 670. The van der Waals surface area contributed by atoms with Crippen LogP contribution in [0.2, 0.25) is 0 Å². The van der Waals surface area contributed by atoms with Crippen molar-refractivity contribution in [2.24, 2.45) is 11.8 Å². The quantitative estimate of drug-likeness (QED) is 0.878. The summed E-state index contributed by atoms with van der Waals surface area (Å²) < 4.78 is 5.88. The van der Waals surface area contributed by atoms with Crippen LogP contribution in [-0.2, 0) is 0 Å². The zero-order chi connectivity index (χ0) is 16.4. The fourth-order valence-corrected chi connectivity index (χ4v) is 2.59. The lowest BCUT2D eigenvalue weighted by Gasteiger charge is -2.23. The predicted molar refractivity (Wildman–Crippen MR) is 86.3 cm³/mol. The Balaban J connectivity index is 2.30. The number of aryl methyl sites for hydroxylation is 1. The Hall–Kier alpha value is -2.04. The van der Waals surface area contributed by atoms with Gasteiger partial charge in [0.1, 0.15) is 5.82 Å². The number of phenols is 1. The Kier molecular flexibility index (Phi) is 4.74. The Morgan fingerprint density at radius 2 is 1.77 bits per heavy atom. The molecule has 2 atom stereocenters. The largest absolute Gasteiger partial charge is 0.504 e. The first-order valence-corrected chi connectivity index (χ1v) is 7.65. The molecule has 0 fully saturated rings. The highest BCUT2D eigenvalue weighted by molar-refractivity contribution is 5.86. The van der Waals surface area contributed by atoms with Crippen LogP contribution in [0.15, 0.2) is 12.1 Å². The Labute approximate surface area is 131 Å². The van der Waals surface area contributed by atoms with Crippen molar-refractivity contribution >= 4 is 10.9 Å². The van der Waals surface area contributed by atoms with Crippen LogP contribution in [-0.4, -0.2) is 26.3 Å². The van der Waals surface area contributed by atoms with E-state index in [0.717, 1.165) is 6.42 Å². The summed E-state index contributed by atoms with van der Waals surface area (Å²) in [4.78, 5) is 8.14. The van der Waals surface area contributed by atoms with Gasteiger partial charge in [-0.2, -0.15) is 4.98 Å². The highest BCUT2D eigenvalue weighted by atomic mass is 16.5. The molecule has 0 bridgehead atoms. The molecule has 120 valence electrons. The van der Waals surface area contributed by atoms with E-state index >= 15 is 0 Å². The molecule has 0 aliphatic carbocycles. The molecule has 5 heteroatoms. The zero-order valence-electron chi connectivity index (χ0n) is 13.8. The normalized spacial score (nSPS) is 14.3. The SMILES string of the molecule is Cc1nc(O)c2cc(O[C@@H](C)[C@@H](C)CC(C)C)c(O)cc2n1. The number of phenolic OH excluding ortho intramolecular Hbond substituents is 1. The summed E-state index contributed by atoms with van der Waals surface area (Å²) in [6.45, 7) is 10.2. The van der Waals surface area contributed by atoms with E-state index in [2.05, 4.69) is 30.7 Å². The number of benzene rings is 1. The van der Waals surface area contributed by atoms with Crippen molar-refractivity contribution in [1.29, 1.82) is 0 Å². The van der Waals surface area contributed by atoms with Crippen molar-refractivity contribution in [3.8, 4) is 17.4 Å². The number of hydrogen-bond acceptors (Lipinski definition) is 5. The monoisotopic (exact) mass is 304 g/mol. The molecule has 22 heavy (non-hydrogen) atoms. The lowest BCUT2D eigenvalue weighted by atomic mass is 9.95. The van der Waals surface area contributed by atoms with E-state index in [-0.39, 0.29) is 17.7 Å². The third-order valence-electron chi connectivity index (χ3n) is 3.83. The van der Waals surface area contributed by atoms with Gasteiger partial charge in [0, 0.05) is 6.07 Å². The minimum atomic E-state index is -0.102. The minimum Gasteiger partial charge on any atom is -0.504 e. The van der Waals surface area contributed by atoms with Gasteiger partial charge in [0.05, 0.1) is 17.0 Å². The Morgan fingerprint density at radius 1 is 1.09 bits per heavy atom. The van der Waals surface area contributed by atoms with Crippen molar-refractivity contribution < 1.29 is 14.9 Å². The number of aromatic nitrogens is 2. The molecule has 0 saturated heterocycles. The van der Waals surface area contributed by atoms with Gasteiger partial charge >= 0.3 is 0 Å². The molecular formula is C17H24N2O3. The van der Waals surface area contributed by atoms with Crippen LogP contribution in [0.4, 0.5) is 0 Å². The topological polar surface area (TPSA) is 75.5 Å². The number of nitrogens with zero attached hydrogens (tertiary/aromatic N) is 2. The minimum absolute atomic E-state index is 0.0218. The lowest BCUT2D eigenvalue weighted by molar-refractivity contribution is 0.142. The van der Waals surface area contributed by atoms with Crippen molar-refractivity contribution in [2.45, 2.75) is 47.1 Å². The molecule has 0 unspecified atom stereocenters. The van der Waals surface area contributed by atoms with Crippen LogP contribution in [0.1, 0.15) is 39.9 Å². The van der Waals surface area contributed by atoms with E-state index in [4.69, 9.17) is 4.74 Å². The molecule has 1 aromatic carbocycles. The van der Waals surface area contributed by atoms with Gasteiger partial charge in [-0.1, -0.05) is 20.8 Å². The van der Waals surface area contributed by atoms with Crippen molar-refractivity contribution in [3.05, 3.63) is 18.0 Å². The highest BCUT2D eigenvalue weighted by Crippen LogP contribution is 2.35. The number of aromatic hydroxyl groups is 2. The van der Waals surface area contributed by atoms with Crippen LogP contribution in [0.25, 0.3) is 10.9 Å². The molecule has 5 nitrogen and oxygen atoms in total. The molecule has 0 amide bonds. The second kappa shape index (κ2) is 6.38. The van der Waals surface area contributed by atoms with Gasteiger partial charge in [-0.25, -0.2) is 4.98 Å². The molecule has 0 spiro atoms. The Morgan fingerprint density at radius 3 is 2.41 bits per heavy atom. The van der Waals surface area contributed by atoms with Crippen LogP contribution < -0.4 is 4.74 Å². The van der Waals surface area contributed by atoms with Crippen molar-refractivity contribution in [3.63, 3.8) is 0 Å². The molecule has 0 radical (unpaired) electrons. The second-order valence-corrected chi connectivity index (χ2v) is 6.36. The average Bonchev–Trinajstić information content (AvgIpc) is 2.39. The van der Waals surface area contributed by atoms with Gasteiger partial charge < -0.3 is 14.9 Å². The van der Waals surface area contributed by atoms with E-state index in [1.807, 2.05) is 6.92 Å². The molecule has 2 rings (SSSR count). The van der Waals surface area contributed by atoms with Crippen molar-refractivity contribution in [2.75, 3.05) is 0 Å². The molecule has 2 N–H and O–H groups in total. The summed E-state index contributed by atoms with van der Waals surface area (Å²) in [6, 6.07) is 3.09. The van der Waals surface area contributed by atoms with E-state index in [1.54, 1.807) is 13.0 Å². The highest BCUT2D eigenvalue weighted by Gasteiger charge is 2.18. The summed E-state index contributed by atoms with van der Waals surface area (Å²) >= 11 is 0. The van der Waals surface area contributed by atoms with E-state index in [9.17, 15) is 10.2 Å². The summed E-state index contributed by atoms with van der Waals surface area (Å²) in [5.74, 6) is 1.67.